The molecule has 7 heteroatoms. The molecule has 0 N–H and O–H groups in total. The molecule has 0 atom stereocenters. The molecule has 0 unspecified atom stereocenters. The van der Waals surface area contributed by atoms with E-state index in [1.165, 1.54) is 24.4 Å². The van der Waals surface area contributed by atoms with E-state index in [2.05, 4.69) is 4.98 Å². The van der Waals surface area contributed by atoms with Crippen LogP contribution in [0.3, 0.4) is 0 Å². The second-order valence-electron chi connectivity index (χ2n) is 4.13. The first-order chi connectivity index (χ1) is 10.0. The maximum absolute atomic E-state index is 13.0. The summed E-state index contributed by atoms with van der Waals surface area (Å²) < 4.78 is 18.3. The minimum atomic E-state index is -0.735. The van der Waals surface area contributed by atoms with Crippen LogP contribution in [-0.4, -0.2) is 15.7 Å². The van der Waals surface area contributed by atoms with Crippen LogP contribution in [0.2, 0.25) is 0 Å². The summed E-state index contributed by atoms with van der Waals surface area (Å²) in [5.74, 6) is -0.722. The molecule has 0 bridgehead atoms. The van der Waals surface area contributed by atoms with Gasteiger partial charge in [-0.1, -0.05) is 6.92 Å². The van der Waals surface area contributed by atoms with Crippen LogP contribution in [0.5, 0.6) is 11.5 Å². The van der Waals surface area contributed by atoms with E-state index in [1.807, 2.05) is 0 Å². The molecule has 1 heterocycles. The van der Waals surface area contributed by atoms with Crippen LogP contribution in [0.15, 0.2) is 36.5 Å². The fourth-order valence-electron chi connectivity index (χ4n) is 1.63. The van der Waals surface area contributed by atoms with Gasteiger partial charge in [0.1, 0.15) is 17.3 Å². The molecule has 0 radical (unpaired) electrons. The molecule has 2 rings (SSSR count). The number of pyridine rings is 1. The first kappa shape index (κ1) is 14.6. The number of nitrogens with zero attached hydrogens (tertiary/aromatic N) is 2. The molecule has 0 fully saturated rings. The van der Waals surface area contributed by atoms with Gasteiger partial charge in [-0.05, 0) is 24.3 Å². The van der Waals surface area contributed by atoms with Crippen molar-refractivity contribution in [2.75, 3.05) is 0 Å². The number of nitro benzene ring substituents is 1. The average molecular weight is 290 g/mol. The third-order valence-electron chi connectivity index (χ3n) is 2.69. The Kier molecular flexibility index (Phi) is 4.22. The monoisotopic (exact) mass is 290 g/mol. The maximum atomic E-state index is 13.0. The summed E-state index contributed by atoms with van der Waals surface area (Å²) in [6, 6.07) is 5.94. The Labute approximate surface area is 119 Å². The van der Waals surface area contributed by atoms with Gasteiger partial charge in [0.05, 0.1) is 17.2 Å². The summed E-state index contributed by atoms with van der Waals surface area (Å²) in [5.41, 5.74) is -0.192. The first-order valence-corrected chi connectivity index (χ1v) is 6.12. The van der Waals surface area contributed by atoms with Gasteiger partial charge in [-0.15, -0.1) is 0 Å². The molecule has 1 aromatic heterocycles. The van der Waals surface area contributed by atoms with Crippen LogP contribution in [0.4, 0.5) is 10.1 Å². The predicted molar refractivity (Wildman–Crippen MR) is 72.0 cm³/mol. The van der Waals surface area contributed by atoms with E-state index in [4.69, 9.17) is 4.74 Å². The minimum absolute atomic E-state index is 0.0993. The number of rotatable bonds is 5. The molecule has 108 valence electrons. The van der Waals surface area contributed by atoms with E-state index in [0.717, 1.165) is 12.1 Å². The molecule has 0 saturated carbocycles. The Balaban J connectivity index is 2.26. The standard InChI is InChI=1S/C14H11FN2O4/c1-2-13(18)11-5-4-10(8-16-11)21-14-6-3-9(15)7-12(14)17(19)20/h3-8H,2H2,1H3. The van der Waals surface area contributed by atoms with Gasteiger partial charge in [0.25, 0.3) is 0 Å². The van der Waals surface area contributed by atoms with Gasteiger partial charge in [0.15, 0.2) is 5.78 Å². The van der Waals surface area contributed by atoms with Gasteiger partial charge in [-0.25, -0.2) is 9.37 Å². The molecule has 1 aromatic carbocycles. The molecule has 0 spiro atoms. The van der Waals surface area contributed by atoms with Crippen molar-refractivity contribution >= 4 is 11.5 Å². The summed E-state index contributed by atoms with van der Waals surface area (Å²) in [7, 11) is 0. The number of carbonyl (C=O) groups excluding carboxylic acids is 1. The lowest BCUT2D eigenvalue weighted by molar-refractivity contribution is -0.385. The Morgan fingerprint density at radius 2 is 2.14 bits per heavy atom. The number of ketones is 1. The van der Waals surface area contributed by atoms with E-state index >= 15 is 0 Å². The zero-order chi connectivity index (χ0) is 15.4. The van der Waals surface area contributed by atoms with Gasteiger partial charge in [-0.3, -0.25) is 14.9 Å². The molecular formula is C14H11FN2O4. The zero-order valence-corrected chi connectivity index (χ0v) is 11.1. The summed E-state index contributed by atoms with van der Waals surface area (Å²) in [6.45, 7) is 1.72. The topological polar surface area (TPSA) is 82.3 Å². The van der Waals surface area contributed by atoms with Gasteiger partial charge < -0.3 is 4.74 Å². The van der Waals surface area contributed by atoms with Crippen molar-refractivity contribution in [1.82, 2.24) is 4.98 Å². The number of ether oxygens (including phenoxy) is 1. The zero-order valence-electron chi connectivity index (χ0n) is 11.1. The van der Waals surface area contributed by atoms with Crippen LogP contribution in [0, 0.1) is 15.9 Å². The predicted octanol–water partition coefficient (Wildman–Crippen LogP) is 3.51. The highest BCUT2D eigenvalue weighted by molar-refractivity contribution is 5.93. The smallest absolute Gasteiger partial charge is 0.314 e. The number of halogens is 1. The molecular weight excluding hydrogens is 279 g/mol. The highest BCUT2D eigenvalue weighted by atomic mass is 19.1. The summed E-state index contributed by atoms with van der Waals surface area (Å²) in [4.78, 5) is 25.5. The number of Topliss-reactive ketones (excluding diaryl/α,β-unsaturated/α-hetero) is 1. The first-order valence-electron chi connectivity index (χ1n) is 6.12. The molecule has 0 aliphatic carbocycles. The second kappa shape index (κ2) is 6.08. The SMILES string of the molecule is CCC(=O)c1ccc(Oc2ccc(F)cc2[N+](=O)[O-])cn1. The van der Waals surface area contributed by atoms with Crippen molar-refractivity contribution in [2.45, 2.75) is 13.3 Å². The van der Waals surface area contributed by atoms with E-state index < -0.39 is 16.4 Å². The Hall–Kier alpha value is -2.83. The molecule has 0 aliphatic heterocycles. The fraction of sp³-hybridized carbons (Fsp3) is 0.143. The van der Waals surface area contributed by atoms with Gasteiger partial charge in [-0.2, -0.15) is 0 Å². The lowest BCUT2D eigenvalue weighted by atomic mass is 10.2. The number of nitro groups is 1. The van der Waals surface area contributed by atoms with Crippen LogP contribution in [0.25, 0.3) is 0 Å². The Morgan fingerprint density at radius 1 is 1.38 bits per heavy atom. The van der Waals surface area contributed by atoms with Gasteiger partial charge >= 0.3 is 5.69 Å². The van der Waals surface area contributed by atoms with Gasteiger partial charge in [0.2, 0.25) is 5.75 Å². The molecule has 6 nitrogen and oxygen atoms in total. The van der Waals surface area contributed by atoms with Gasteiger partial charge in [0, 0.05) is 6.42 Å². The van der Waals surface area contributed by atoms with Crippen molar-refractivity contribution in [1.29, 1.82) is 0 Å². The van der Waals surface area contributed by atoms with Crippen molar-refractivity contribution in [3.63, 3.8) is 0 Å². The van der Waals surface area contributed by atoms with E-state index in [-0.39, 0.29) is 17.3 Å². The lowest BCUT2D eigenvalue weighted by Crippen LogP contribution is -2.00. The largest absolute Gasteiger partial charge is 0.449 e. The van der Waals surface area contributed by atoms with E-state index in [1.54, 1.807) is 6.92 Å². The highest BCUT2D eigenvalue weighted by Gasteiger charge is 2.17. The Bertz CT molecular complexity index is 686. The summed E-state index contributed by atoms with van der Waals surface area (Å²) >= 11 is 0. The number of hydrogen-bond donors (Lipinski definition) is 0. The van der Waals surface area contributed by atoms with Crippen LogP contribution in [0.1, 0.15) is 23.8 Å². The fourth-order valence-corrected chi connectivity index (χ4v) is 1.63. The van der Waals surface area contributed by atoms with Crippen molar-refractivity contribution in [3.8, 4) is 11.5 Å². The minimum Gasteiger partial charge on any atom is -0.449 e. The molecule has 0 saturated heterocycles. The van der Waals surface area contributed by atoms with Crippen LogP contribution in [-0.2, 0) is 0 Å². The second-order valence-corrected chi connectivity index (χ2v) is 4.13. The number of aromatic nitrogens is 1. The Morgan fingerprint density at radius 3 is 2.71 bits per heavy atom. The van der Waals surface area contributed by atoms with Crippen molar-refractivity contribution < 1.29 is 18.8 Å². The average Bonchev–Trinajstić information content (AvgIpc) is 2.49. The third kappa shape index (κ3) is 3.38. The van der Waals surface area contributed by atoms with Crippen molar-refractivity contribution in [3.05, 3.63) is 58.2 Å². The quantitative estimate of drug-likeness (QED) is 0.478. The van der Waals surface area contributed by atoms with Crippen LogP contribution < -0.4 is 4.74 Å². The molecule has 2 aromatic rings. The summed E-state index contributed by atoms with van der Waals surface area (Å²) in [5, 5.41) is 10.8. The lowest BCUT2D eigenvalue weighted by Gasteiger charge is -2.06. The number of carbonyl (C=O) groups is 1. The third-order valence-corrected chi connectivity index (χ3v) is 2.69. The van der Waals surface area contributed by atoms with Crippen LogP contribution >= 0.6 is 0 Å². The highest BCUT2D eigenvalue weighted by Crippen LogP contribution is 2.31. The van der Waals surface area contributed by atoms with E-state index in [9.17, 15) is 19.3 Å². The molecule has 0 aliphatic rings. The number of hydrogen-bond acceptors (Lipinski definition) is 5. The summed E-state index contributed by atoms with van der Waals surface area (Å²) in [6.07, 6.45) is 1.62. The molecule has 21 heavy (non-hydrogen) atoms. The van der Waals surface area contributed by atoms with Crippen molar-refractivity contribution in [2.24, 2.45) is 0 Å². The number of benzene rings is 1. The molecule has 0 amide bonds. The normalized spacial score (nSPS) is 10.2. The maximum Gasteiger partial charge on any atom is 0.314 e. The van der Waals surface area contributed by atoms with E-state index in [0.29, 0.717) is 12.1 Å².